The molecule has 0 aromatic carbocycles. The lowest BCUT2D eigenvalue weighted by atomic mass is 10.1. The van der Waals surface area contributed by atoms with Crippen molar-refractivity contribution < 1.29 is 9.84 Å². The van der Waals surface area contributed by atoms with Crippen LogP contribution in [0.1, 0.15) is 35.3 Å². The zero-order valence-corrected chi connectivity index (χ0v) is 9.02. The fourth-order valence-electron chi connectivity index (χ4n) is 1.16. The van der Waals surface area contributed by atoms with Crippen molar-refractivity contribution in [1.29, 1.82) is 0 Å². The van der Waals surface area contributed by atoms with Gasteiger partial charge >= 0.3 is 0 Å². The van der Waals surface area contributed by atoms with Crippen LogP contribution in [0.5, 0.6) is 0 Å². The molecular weight excluding hydrogens is 186 g/mol. The van der Waals surface area contributed by atoms with Gasteiger partial charge in [0.2, 0.25) is 0 Å². The lowest BCUT2D eigenvalue weighted by Crippen LogP contribution is -1.94. The number of ether oxygens (including phenoxy) is 1. The highest BCUT2D eigenvalue weighted by molar-refractivity contribution is 7.11. The van der Waals surface area contributed by atoms with E-state index in [2.05, 4.69) is 18.8 Å². The van der Waals surface area contributed by atoms with Gasteiger partial charge in [-0.1, -0.05) is 13.8 Å². The third kappa shape index (κ3) is 2.49. The van der Waals surface area contributed by atoms with E-state index in [1.54, 1.807) is 7.11 Å². The third-order valence-electron chi connectivity index (χ3n) is 1.73. The summed E-state index contributed by atoms with van der Waals surface area (Å²) in [6.07, 6.45) is 0. The van der Waals surface area contributed by atoms with Crippen molar-refractivity contribution in [2.75, 3.05) is 7.11 Å². The summed E-state index contributed by atoms with van der Waals surface area (Å²) in [6.45, 7) is 4.76. The summed E-state index contributed by atoms with van der Waals surface area (Å²) in [6, 6.07) is 0. The van der Waals surface area contributed by atoms with Gasteiger partial charge in [0.1, 0.15) is 5.01 Å². The van der Waals surface area contributed by atoms with E-state index in [1.807, 2.05) is 0 Å². The van der Waals surface area contributed by atoms with Crippen molar-refractivity contribution in [3.05, 3.63) is 15.6 Å². The lowest BCUT2D eigenvalue weighted by molar-refractivity contribution is 0.184. The van der Waals surface area contributed by atoms with E-state index >= 15 is 0 Å². The van der Waals surface area contributed by atoms with Crippen LogP contribution in [-0.4, -0.2) is 17.2 Å². The molecular formula is C9H15NO2S. The molecule has 1 heterocycles. The van der Waals surface area contributed by atoms with E-state index in [0.29, 0.717) is 12.5 Å². The van der Waals surface area contributed by atoms with Gasteiger partial charge in [0.05, 0.1) is 23.8 Å². The highest BCUT2D eigenvalue weighted by Crippen LogP contribution is 2.25. The molecule has 0 radical (unpaired) electrons. The van der Waals surface area contributed by atoms with Crippen LogP contribution < -0.4 is 0 Å². The monoisotopic (exact) mass is 201 g/mol. The fraction of sp³-hybridized carbons (Fsp3) is 0.667. The van der Waals surface area contributed by atoms with Crippen LogP contribution in [0.3, 0.4) is 0 Å². The highest BCUT2D eigenvalue weighted by atomic mass is 32.1. The van der Waals surface area contributed by atoms with Crippen LogP contribution in [0, 0.1) is 0 Å². The fourth-order valence-corrected chi connectivity index (χ4v) is 2.22. The first-order chi connectivity index (χ1) is 6.19. The SMILES string of the molecule is COCc1nc(C(C)C)c(CO)s1. The third-order valence-corrected chi connectivity index (χ3v) is 2.76. The van der Waals surface area contributed by atoms with Crippen LogP contribution >= 0.6 is 11.3 Å². The second-order valence-electron chi connectivity index (χ2n) is 3.16. The van der Waals surface area contributed by atoms with Gasteiger partial charge in [-0.3, -0.25) is 0 Å². The van der Waals surface area contributed by atoms with Crippen molar-refractivity contribution in [3.63, 3.8) is 0 Å². The summed E-state index contributed by atoms with van der Waals surface area (Å²) in [5.74, 6) is 0.365. The average Bonchev–Trinajstić information content (AvgIpc) is 2.48. The number of rotatable bonds is 4. The molecule has 0 aliphatic heterocycles. The van der Waals surface area contributed by atoms with E-state index < -0.39 is 0 Å². The molecule has 0 saturated carbocycles. The number of methoxy groups -OCH3 is 1. The minimum absolute atomic E-state index is 0.0783. The van der Waals surface area contributed by atoms with Crippen molar-refractivity contribution in [3.8, 4) is 0 Å². The number of nitrogens with zero attached hydrogens (tertiary/aromatic N) is 1. The van der Waals surface area contributed by atoms with Crippen LogP contribution in [0.25, 0.3) is 0 Å². The van der Waals surface area contributed by atoms with E-state index in [4.69, 9.17) is 9.84 Å². The second kappa shape index (κ2) is 4.69. The number of aromatic nitrogens is 1. The zero-order valence-electron chi connectivity index (χ0n) is 8.20. The zero-order chi connectivity index (χ0) is 9.84. The standard InChI is InChI=1S/C9H15NO2S/c1-6(2)9-7(4-11)13-8(10-9)5-12-3/h6,11H,4-5H2,1-3H3. The molecule has 0 atom stereocenters. The van der Waals surface area contributed by atoms with E-state index in [1.165, 1.54) is 11.3 Å². The average molecular weight is 201 g/mol. The van der Waals surface area contributed by atoms with Gasteiger partial charge in [0.15, 0.2) is 0 Å². The summed E-state index contributed by atoms with van der Waals surface area (Å²) >= 11 is 1.53. The Morgan fingerprint density at radius 3 is 2.62 bits per heavy atom. The molecule has 0 aliphatic rings. The summed E-state index contributed by atoms with van der Waals surface area (Å²) in [4.78, 5) is 5.36. The first-order valence-corrected chi connectivity index (χ1v) is 5.09. The summed E-state index contributed by atoms with van der Waals surface area (Å²) in [5, 5.41) is 10.0. The molecule has 13 heavy (non-hydrogen) atoms. The highest BCUT2D eigenvalue weighted by Gasteiger charge is 2.12. The van der Waals surface area contributed by atoms with Crippen LogP contribution in [0.15, 0.2) is 0 Å². The first kappa shape index (κ1) is 10.6. The molecule has 0 spiro atoms. The van der Waals surface area contributed by atoms with Crippen LogP contribution in [0.4, 0.5) is 0 Å². The summed E-state index contributed by atoms with van der Waals surface area (Å²) < 4.78 is 4.99. The van der Waals surface area contributed by atoms with Gasteiger partial charge in [-0.25, -0.2) is 4.98 Å². The minimum atomic E-state index is 0.0783. The quantitative estimate of drug-likeness (QED) is 0.809. The molecule has 1 rings (SSSR count). The Kier molecular flexibility index (Phi) is 3.84. The Morgan fingerprint density at radius 2 is 2.23 bits per heavy atom. The van der Waals surface area contributed by atoms with Crippen molar-refractivity contribution in [2.24, 2.45) is 0 Å². The maximum Gasteiger partial charge on any atom is 0.119 e. The van der Waals surface area contributed by atoms with Crippen LogP contribution in [-0.2, 0) is 18.0 Å². The van der Waals surface area contributed by atoms with Gasteiger partial charge in [-0.05, 0) is 5.92 Å². The van der Waals surface area contributed by atoms with Crippen molar-refractivity contribution in [1.82, 2.24) is 4.98 Å². The van der Waals surface area contributed by atoms with E-state index in [9.17, 15) is 0 Å². The Morgan fingerprint density at radius 1 is 1.54 bits per heavy atom. The van der Waals surface area contributed by atoms with Gasteiger partial charge in [-0.15, -0.1) is 11.3 Å². The number of hydrogen-bond acceptors (Lipinski definition) is 4. The Hall–Kier alpha value is -0.450. The molecule has 1 aromatic rings. The van der Waals surface area contributed by atoms with Gasteiger partial charge in [-0.2, -0.15) is 0 Å². The van der Waals surface area contributed by atoms with Gasteiger partial charge in [0.25, 0.3) is 0 Å². The molecule has 1 aromatic heterocycles. The maximum absolute atomic E-state index is 9.08. The van der Waals surface area contributed by atoms with Crippen molar-refractivity contribution >= 4 is 11.3 Å². The Bertz CT molecular complexity index is 271. The molecule has 0 saturated heterocycles. The molecule has 74 valence electrons. The molecule has 3 nitrogen and oxygen atoms in total. The molecule has 0 unspecified atom stereocenters. The number of aliphatic hydroxyl groups is 1. The Labute approximate surface area is 82.4 Å². The number of thiazole rings is 1. The number of aliphatic hydroxyl groups excluding tert-OH is 1. The van der Waals surface area contributed by atoms with Crippen molar-refractivity contribution in [2.45, 2.75) is 33.0 Å². The predicted octanol–water partition coefficient (Wildman–Crippen LogP) is 1.91. The largest absolute Gasteiger partial charge is 0.391 e. The van der Waals surface area contributed by atoms with Crippen LogP contribution in [0.2, 0.25) is 0 Å². The van der Waals surface area contributed by atoms with E-state index in [-0.39, 0.29) is 6.61 Å². The molecule has 4 heteroatoms. The van der Waals surface area contributed by atoms with E-state index in [0.717, 1.165) is 15.6 Å². The smallest absolute Gasteiger partial charge is 0.119 e. The second-order valence-corrected chi connectivity index (χ2v) is 4.33. The summed E-state index contributed by atoms with van der Waals surface area (Å²) in [7, 11) is 1.65. The molecule has 0 bridgehead atoms. The Balaban J connectivity index is 2.90. The maximum atomic E-state index is 9.08. The van der Waals surface area contributed by atoms with Gasteiger partial charge < -0.3 is 9.84 Å². The van der Waals surface area contributed by atoms with Gasteiger partial charge in [0, 0.05) is 7.11 Å². The molecule has 1 N–H and O–H groups in total. The molecule has 0 amide bonds. The first-order valence-electron chi connectivity index (χ1n) is 4.27. The predicted molar refractivity (Wildman–Crippen MR) is 52.8 cm³/mol. The minimum Gasteiger partial charge on any atom is -0.391 e. The lowest BCUT2D eigenvalue weighted by Gasteiger charge is -2.01. The normalized spacial score (nSPS) is 11.2. The molecule has 0 aliphatic carbocycles. The molecule has 0 fully saturated rings. The number of hydrogen-bond donors (Lipinski definition) is 1. The summed E-state index contributed by atoms with van der Waals surface area (Å²) in [5.41, 5.74) is 1.000. The topological polar surface area (TPSA) is 42.4 Å².